The predicted octanol–water partition coefficient (Wildman–Crippen LogP) is 1.72. The summed E-state index contributed by atoms with van der Waals surface area (Å²) in [5, 5.41) is 3.31. The maximum absolute atomic E-state index is 11.1. The van der Waals surface area contributed by atoms with Crippen LogP contribution in [0.2, 0.25) is 0 Å². The lowest BCUT2D eigenvalue weighted by Crippen LogP contribution is -2.19. The first-order chi connectivity index (χ1) is 6.84. The summed E-state index contributed by atoms with van der Waals surface area (Å²) in [5.41, 5.74) is 0. The first-order valence-corrected chi connectivity index (χ1v) is 5.72. The number of ether oxygens (including phenoxy) is 1. The molecule has 14 heavy (non-hydrogen) atoms. The lowest BCUT2D eigenvalue weighted by atomic mass is 10.3. The van der Waals surface area contributed by atoms with Gasteiger partial charge in [0.25, 0.3) is 0 Å². The number of carbonyl (C=O) groups excluding carboxylic acids is 1. The molecule has 1 rings (SSSR count). The van der Waals surface area contributed by atoms with Crippen molar-refractivity contribution in [3.05, 3.63) is 0 Å². The van der Waals surface area contributed by atoms with Gasteiger partial charge in [-0.05, 0) is 38.8 Å². The minimum absolute atomic E-state index is 0.0126. The third-order valence-corrected chi connectivity index (χ3v) is 2.36. The number of hydrogen-bond donors (Lipinski definition) is 1. The summed E-state index contributed by atoms with van der Waals surface area (Å²) in [6.45, 7) is 4.79. The molecule has 3 nitrogen and oxygen atoms in total. The monoisotopic (exact) mass is 199 g/mol. The minimum atomic E-state index is 0.0126. The summed E-state index contributed by atoms with van der Waals surface area (Å²) in [6.07, 6.45) is 5.45. The van der Waals surface area contributed by atoms with Crippen LogP contribution in [0.3, 0.4) is 0 Å². The second-order valence-electron chi connectivity index (χ2n) is 3.90. The van der Waals surface area contributed by atoms with Gasteiger partial charge in [-0.15, -0.1) is 0 Å². The normalized spacial score (nSPS) is 15.5. The maximum Gasteiger partial charge on any atom is 0.308 e. The highest BCUT2D eigenvalue weighted by atomic mass is 16.5. The minimum Gasteiger partial charge on any atom is -0.465 e. The zero-order valence-electron chi connectivity index (χ0n) is 9.05. The van der Waals surface area contributed by atoms with Crippen LogP contribution in [0.4, 0.5) is 0 Å². The third-order valence-electron chi connectivity index (χ3n) is 2.36. The van der Waals surface area contributed by atoms with Crippen LogP contribution in [0.15, 0.2) is 0 Å². The van der Waals surface area contributed by atoms with Crippen LogP contribution in [-0.2, 0) is 9.53 Å². The van der Waals surface area contributed by atoms with Gasteiger partial charge in [0.15, 0.2) is 0 Å². The Bertz CT molecular complexity index is 167. The summed E-state index contributed by atoms with van der Waals surface area (Å²) >= 11 is 0. The van der Waals surface area contributed by atoms with E-state index in [1.807, 2.05) is 0 Å². The highest BCUT2D eigenvalue weighted by Crippen LogP contribution is 2.29. The van der Waals surface area contributed by atoms with Crippen LogP contribution < -0.4 is 5.32 Å². The quantitative estimate of drug-likeness (QED) is 0.478. The van der Waals surface area contributed by atoms with E-state index in [9.17, 15) is 4.79 Å². The zero-order chi connectivity index (χ0) is 10.2. The van der Waals surface area contributed by atoms with E-state index in [4.69, 9.17) is 4.74 Å². The Labute approximate surface area is 86.2 Å². The molecule has 0 amide bonds. The summed E-state index contributed by atoms with van der Waals surface area (Å²) in [4.78, 5) is 11.1. The third kappa shape index (κ3) is 5.22. The van der Waals surface area contributed by atoms with E-state index in [0.29, 0.717) is 6.61 Å². The van der Waals surface area contributed by atoms with Crippen molar-refractivity contribution < 1.29 is 9.53 Å². The van der Waals surface area contributed by atoms with Gasteiger partial charge in [0, 0.05) is 0 Å². The van der Waals surface area contributed by atoms with E-state index in [1.54, 1.807) is 0 Å². The smallest absolute Gasteiger partial charge is 0.308 e. The molecule has 0 atom stereocenters. The molecule has 0 radical (unpaired) electrons. The summed E-state index contributed by atoms with van der Waals surface area (Å²) in [7, 11) is 0. The standard InChI is InChI=1S/C11H21NO2/c1-2-3-7-12-8-4-9-14-11(13)10-5-6-10/h10,12H,2-9H2,1H3. The number of hydrogen-bond acceptors (Lipinski definition) is 3. The number of carbonyl (C=O) groups is 1. The van der Waals surface area contributed by atoms with Crippen LogP contribution in [0.1, 0.15) is 39.0 Å². The molecule has 1 N–H and O–H groups in total. The summed E-state index contributed by atoms with van der Waals surface area (Å²) < 4.78 is 5.09. The van der Waals surface area contributed by atoms with Crippen molar-refractivity contribution in [3.8, 4) is 0 Å². The van der Waals surface area contributed by atoms with Crippen molar-refractivity contribution in [1.29, 1.82) is 0 Å². The molecule has 0 aromatic rings. The SMILES string of the molecule is CCCCNCCCOC(=O)C1CC1. The summed E-state index contributed by atoms with van der Waals surface area (Å²) in [6, 6.07) is 0. The second-order valence-corrected chi connectivity index (χ2v) is 3.90. The molecule has 0 heterocycles. The Morgan fingerprint density at radius 2 is 2.07 bits per heavy atom. The Hall–Kier alpha value is -0.570. The van der Waals surface area contributed by atoms with Crippen LogP contribution in [0.25, 0.3) is 0 Å². The molecule has 1 fully saturated rings. The fourth-order valence-corrected chi connectivity index (χ4v) is 1.23. The number of nitrogens with one attached hydrogen (secondary N) is 1. The van der Waals surface area contributed by atoms with E-state index in [0.717, 1.165) is 32.4 Å². The lowest BCUT2D eigenvalue weighted by Gasteiger charge is -2.04. The van der Waals surface area contributed by atoms with E-state index < -0.39 is 0 Å². The van der Waals surface area contributed by atoms with Crippen molar-refractivity contribution in [2.75, 3.05) is 19.7 Å². The molecule has 0 aromatic heterocycles. The first-order valence-electron chi connectivity index (χ1n) is 5.72. The molecule has 1 aliphatic rings. The Balaban J connectivity index is 1.77. The average Bonchev–Trinajstić information content (AvgIpc) is 2.99. The largest absolute Gasteiger partial charge is 0.465 e. The molecular weight excluding hydrogens is 178 g/mol. The van der Waals surface area contributed by atoms with E-state index in [2.05, 4.69) is 12.2 Å². The van der Waals surface area contributed by atoms with Crippen LogP contribution in [0, 0.1) is 5.92 Å². The van der Waals surface area contributed by atoms with Gasteiger partial charge in [0.05, 0.1) is 12.5 Å². The Morgan fingerprint density at radius 3 is 2.71 bits per heavy atom. The van der Waals surface area contributed by atoms with Gasteiger partial charge in [0.1, 0.15) is 0 Å². The van der Waals surface area contributed by atoms with Crippen LogP contribution in [0.5, 0.6) is 0 Å². The van der Waals surface area contributed by atoms with Gasteiger partial charge in [-0.1, -0.05) is 13.3 Å². The van der Waals surface area contributed by atoms with Gasteiger partial charge in [-0.25, -0.2) is 0 Å². The Morgan fingerprint density at radius 1 is 1.36 bits per heavy atom. The van der Waals surface area contributed by atoms with E-state index >= 15 is 0 Å². The van der Waals surface area contributed by atoms with Crippen molar-refractivity contribution in [3.63, 3.8) is 0 Å². The van der Waals surface area contributed by atoms with Gasteiger partial charge in [-0.2, -0.15) is 0 Å². The molecule has 1 aliphatic carbocycles. The molecule has 3 heteroatoms. The molecule has 82 valence electrons. The predicted molar refractivity (Wildman–Crippen MR) is 56.1 cm³/mol. The fraction of sp³-hybridized carbons (Fsp3) is 0.909. The van der Waals surface area contributed by atoms with Crippen LogP contribution in [-0.4, -0.2) is 25.7 Å². The fourth-order valence-electron chi connectivity index (χ4n) is 1.23. The zero-order valence-corrected chi connectivity index (χ0v) is 9.05. The second kappa shape index (κ2) is 6.82. The number of unbranched alkanes of at least 4 members (excludes halogenated alkanes) is 1. The number of esters is 1. The topological polar surface area (TPSA) is 38.3 Å². The lowest BCUT2D eigenvalue weighted by molar-refractivity contribution is -0.145. The van der Waals surface area contributed by atoms with Crippen molar-refractivity contribution in [1.82, 2.24) is 5.32 Å². The number of rotatable bonds is 8. The van der Waals surface area contributed by atoms with Gasteiger partial charge in [-0.3, -0.25) is 4.79 Å². The van der Waals surface area contributed by atoms with Crippen molar-refractivity contribution >= 4 is 5.97 Å². The molecular formula is C11H21NO2. The van der Waals surface area contributed by atoms with Crippen molar-refractivity contribution in [2.24, 2.45) is 5.92 Å². The first kappa shape index (κ1) is 11.5. The van der Waals surface area contributed by atoms with Gasteiger partial charge < -0.3 is 10.1 Å². The van der Waals surface area contributed by atoms with Crippen molar-refractivity contribution in [2.45, 2.75) is 39.0 Å². The average molecular weight is 199 g/mol. The molecule has 0 aromatic carbocycles. The van der Waals surface area contributed by atoms with Gasteiger partial charge >= 0.3 is 5.97 Å². The molecule has 0 unspecified atom stereocenters. The maximum atomic E-state index is 11.1. The molecule has 1 saturated carbocycles. The molecule has 0 spiro atoms. The molecule has 0 saturated heterocycles. The van der Waals surface area contributed by atoms with Crippen LogP contribution >= 0.6 is 0 Å². The highest BCUT2D eigenvalue weighted by molar-refractivity contribution is 5.74. The van der Waals surface area contributed by atoms with Gasteiger partial charge in [0.2, 0.25) is 0 Å². The molecule has 0 bridgehead atoms. The van der Waals surface area contributed by atoms with E-state index in [1.165, 1.54) is 12.8 Å². The Kier molecular flexibility index (Phi) is 5.60. The summed E-state index contributed by atoms with van der Waals surface area (Å²) in [5.74, 6) is 0.251. The highest BCUT2D eigenvalue weighted by Gasteiger charge is 2.30. The molecule has 0 aliphatic heterocycles. The van der Waals surface area contributed by atoms with E-state index in [-0.39, 0.29) is 11.9 Å².